The fraction of sp³-hybridized carbons (Fsp3) is 0.118. The van der Waals surface area contributed by atoms with Gasteiger partial charge in [-0.2, -0.15) is 0 Å². The smallest absolute Gasteiger partial charge is 0.428 e. The molecule has 0 unspecified atom stereocenters. The Balaban J connectivity index is 2.12. The highest BCUT2D eigenvalue weighted by Gasteiger charge is 2.17. The minimum atomic E-state index is -0.823. The number of carbonyl (C=O) groups excluding carboxylic acids is 2. The van der Waals surface area contributed by atoms with Crippen LogP contribution in [0.5, 0.6) is 0 Å². The highest BCUT2D eigenvalue weighted by Crippen LogP contribution is 2.25. The number of halogens is 2. The standard InChI is InChI=1S/C17H16Cl2N4O4/c1-26-17(25)23(21)14-8-11(6-7-13(14)19)16(20)22-27-15(24)9-10-4-2-3-5-12(10)18/h2-8H,9,21H2,1H3,(H2,20,22). The van der Waals surface area contributed by atoms with Crippen LogP contribution in [0.15, 0.2) is 47.6 Å². The minimum absolute atomic E-state index is 0.0682. The molecule has 0 saturated carbocycles. The van der Waals surface area contributed by atoms with Crippen molar-refractivity contribution in [3.63, 3.8) is 0 Å². The first-order valence-corrected chi connectivity index (χ1v) is 8.28. The molecule has 0 aliphatic rings. The van der Waals surface area contributed by atoms with Crippen LogP contribution in [-0.2, 0) is 20.8 Å². The van der Waals surface area contributed by atoms with Gasteiger partial charge in [-0.15, -0.1) is 0 Å². The Morgan fingerprint density at radius 3 is 2.52 bits per heavy atom. The van der Waals surface area contributed by atoms with Crippen molar-refractivity contribution >= 4 is 46.8 Å². The number of hydrogen-bond acceptors (Lipinski definition) is 6. The molecule has 0 aliphatic carbocycles. The number of hydrazine groups is 1. The number of anilines is 1. The van der Waals surface area contributed by atoms with Crippen LogP contribution in [-0.4, -0.2) is 25.0 Å². The molecule has 2 aromatic carbocycles. The Bertz CT molecular complexity index is 889. The predicted octanol–water partition coefficient (Wildman–Crippen LogP) is 2.85. The summed E-state index contributed by atoms with van der Waals surface area (Å²) in [5, 5.41) is 4.94. The third kappa shape index (κ3) is 5.33. The average molecular weight is 411 g/mol. The van der Waals surface area contributed by atoms with Gasteiger partial charge in [0.1, 0.15) is 0 Å². The van der Waals surface area contributed by atoms with Crippen molar-refractivity contribution in [2.45, 2.75) is 6.42 Å². The molecular formula is C17H16Cl2N4O4. The molecule has 0 spiro atoms. The number of hydrogen-bond donors (Lipinski definition) is 2. The fourth-order valence-electron chi connectivity index (χ4n) is 2.04. The molecule has 0 heterocycles. The van der Waals surface area contributed by atoms with Gasteiger partial charge in [-0.25, -0.2) is 20.4 Å². The molecule has 27 heavy (non-hydrogen) atoms. The van der Waals surface area contributed by atoms with Crippen LogP contribution in [0.3, 0.4) is 0 Å². The molecule has 0 bridgehead atoms. The number of amides is 1. The summed E-state index contributed by atoms with van der Waals surface area (Å²) in [4.78, 5) is 28.3. The second-order valence-electron chi connectivity index (χ2n) is 5.21. The van der Waals surface area contributed by atoms with E-state index in [1.807, 2.05) is 0 Å². The second kappa shape index (κ2) is 9.22. The van der Waals surface area contributed by atoms with Gasteiger partial charge in [0.05, 0.1) is 24.2 Å². The lowest BCUT2D eigenvalue weighted by Gasteiger charge is -2.17. The first-order chi connectivity index (χ1) is 12.8. The largest absolute Gasteiger partial charge is 0.452 e. The zero-order valence-corrected chi connectivity index (χ0v) is 15.7. The molecule has 10 heteroatoms. The molecular weight excluding hydrogens is 395 g/mol. The van der Waals surface area contributed by atoms with Gasteiger partial charge in [0.2, 0.25) is 0 Å². The molecule has 1 amide bonds. The van der Waals surface area contributed by atoms with Crippen LogP contribution in [0, 0.1) is 0 Å². The van der Waals surface area contributed by atoms with E-state index < -0.39 is 12.1 Å². The Morgan fingerprint density at radius 1 is 1.15 bits per heavy atom. The highest BCUT2D eigenvalue weighted by atomic mass is 35.5. The Hall–Kier alpha value is -2.81. The number of benzene rings is 2. The number of methoxy groups -OCH3 is 1. The van der Waals surface area contributed by atoms with Crippen molar-refractivity contribution in [3.8, 4) is 0 Å². The van der Waals surface area contributed by atoms with Gasteiger partial charge >= 0.3 is 12.1 Å². The summed E-state index contributed by atoms with van der Waals surface area (Å²) in [6.07, 6.45) is -0.892. The van der Waals surface area contributed by atoms with Gasteiger partial charge in [-0.05, 0) is 29.8 Å². The number of nitrogens with zero attached hydrogens (tertiary/aromatic N) is 2. The number of ether oxygens (including phenoxy) is 1. The molecule has 0 radical (unpaired) electrons. The first-order valence-electron chi connectivity index (χ1n) is 7.53. The van der Waals surface area contributed by atoms with E-state index in [1.165, 1.54) is 25.3 Å². The molecule has 2 aromatic rings. The van der Waals surface area contributed by atoms with E-state index in [2.05, 4.69) is 9.89 Å². The molecule has 0 atom stereocenters. The quantitative estimate of drug-likeness (QED) is 0.195. The van der Waals surface area contributed by atoms with Gasteiger partial charge < -0.3 is 15.3 Å². The SMILES string of the molecule is COC(=O)N(N)c1cc(/C(N)=N/OC(=O)Cc2ccccc2Cl)ccc1Cl. The summed E-state index contributed by atoms with van der Waals surface area (Å²) < 4.78 is 4.53. The van der Waals surface area contributed by atoms with Crippen LogP contribution in [0.4, 0.5) is 10.5 Å². The third-order valence-electron chi connectivity index (χ3n) is 3.41. The predicted molar refractivity (Wildman–Crippen MR) is 102 cm³/mol. The normalized spacial score (nSPS) is 11.0. The Labute approximate surface area is 165 Å². The summed E-state index contributed by atoms with van der Waals surface area (Å²) in [7, 11) is 1.17. The van der Waals surface area contributed by atoms with E-state index >= 15 is 0 Å². The van der Waals surface area contributed by atoms with Gasteiger partial charge in [0, 0.05) is 10.6 Å². The van der Waals surface area contributed by atoms with E-state index in [1.54, 1.807) is 24.3 Å². The van der Waals surface area contributed by atoms with Crippen molar-refractivity contribution in [3.05, 3.63) is 63.6 Å². The molecule has 2 rings (SSSR count). The number of amidine groups is 1. The number of oxime groups is 1. The van der Waals surface area contributed by atoms with Gasteiger partial charge in [-0.3, -0.25) is 0 Å². The monoisotopic (exact) mass is 410 g/mol. The molecule has 0 aromatic heterocycles. The average Bonchev–Trinajstić information content (AvgIpc) is 2.67. The van der Waals surface area contributed by atoms with Gasteiger partial charge in [0.25, 0.3) is 0 Å². The number of carbonyl (C=O) groups is 2. The fourth-order valence-corrected chi connectivity index (χ4v) is 2.45. The summed E-state index contributed by atoms with van der Waals surface area (Å²) >= 11 is 12.0. The van der Waals surface area contributed by atoms with Crippen LogP contribution < -0.4 is 16.6 Å². The molecule has 142 valence electrons. The summed E-state index contributed by atoms with van der Waals surface area (Å²) in [5.74, 6) is 4.88. The number of rotatable bonds is 5. The van der Waals surface area contributed by atoms with Crippen LogP contribution in [0.25, 0.3) is 0 Å². The maximum absolute atomic E-state index is 11.9. The second-order valence-corrected chi connectivity index (χ2v) is 6.03. The number of nitrogens with two attached hydrogens (primary N) is 2. The molecule has 0 saturated heterocycles. The van der Waals surface area contributed by atoms with E-state index in [9.17, 15) is 9.59 Å². The van der Waals surface area contributed by atoms with Crippen molar-refractivity contribution in [1.29, 1.82) is 0 Å². The molecule has 8 nitrogen and oxygen atoms in total. The van der Waals surface area contributed by atoms with Crippen molar-refractivity contribution in [1.82, 2.24) is 0 Å². The van der Waals surface area contributed by atoms with E-state index in [-0.39, 0.29) is 23.0 Å². The Morgan fingerprint density at radius 2 is 1.85 bits per heavy atom. The van der Waals surface area contributed by atoms with Gasteiger partial charge in [-0.1, -0.05) is 46.6 Å². The van der Waals surface area contributed by atoms with E-state index in [0.717, 1.165) is 0 Å². The highest BCUT2D eigenvalue weighted by molar-refractivity contribution is 6.34. The maximum atomic E-state index is 11.9. The maximum Gasteiger partial charge on any atom is 0.428 e. The molecule has 0 fully saturated rings. The molecule has 0 aliphatic heterocycles. The lowest BCUT2D eigenvalue weighted by Crippen LogP contribution is -2.37. The minimum Gasteiger partial charge on any atom is -0.452 e. The first kappa shape index (κ1) is 20.5. The third-order valence-corrected chi connectivity index (χ3v) is 4.10. The summed E-state index contributed by atoms with van der Waals surface area (Å²) in [5.41, 5.74) is 6.90. The summed E-state index contributed by atoms with van der Waals surface area (Å²) in [6, 6.07) is 11.3. The van der Waals surface area contributed by atoms with Crippen LogP contribution in [0.1, 0.15) is 11.1 Å². The van der Waals surface area contributed by atoms with Crippen molar-refractivity contribution in [2.75, 3.05) is 12.1 Å². The van der Waals surface area contributed by atoms with Crippen LogP contribution in [0.2, 0.25) is 10.0 Å². The van der Waals surface area contributed by atoms with E-state index in [4.69, 9.17) is 39.6 Å². The topological polar surface area (TPSA) is 120 Å². The zero-order valence-electron chi connectivity index (χ0n) is 14.2. The lowest BCUT2D eigenvalue weighted by atomic mass is 10.1. The lowest BCUT2D eigenvalue weighted by molar-refractivity contribution is -0.142. The van der Waals surface area contributed by atoms with Crippen LogP contribution >= 0.6 is 23.2 Å². The summed E-state index contributed by atoms with van der Waals surface area (Å²) in [6.45, 7) is 0. The Kier molecular flexibility index (Phi) is 7.00. The zero-order chi connectivity index (χ0) is 20.0. The van der Waals surface area contributed by atoms with E-state index in [0.29, 0.717) is 21.2 Å². The van der Waals surface area contributed by atoms with Crippen molar-refractivity contribution in [2.24, 2.45) is 16.7 Å². The van der Waals surface area contributed by atoms with Gasteiger partial charge in [0.15, 0.2) is 5.84 Å². The molecule has 4 N–H and O–H groups in total. The van der Waals surface area contributed by atoms with Crippen molar-refractivity contribution < 1.29 is 19.2 Å².